The van der Waals surface area contributed by atoms with E-state index >= 15 is 0 Å². The van der Waals surface area contributed by atoms with Crippen molar-refractivity contribution in [3.8, 4) is 78.6 Å². The van der Waals surface area contributed by atoms with Crippen molar-refractivity contribution in [3.63, 3.8) is 0 Å². The number of nitrogens with zero attached hydrogens (tertiary/aromatic N) is 3. The molecule has 0 spiro atoms. The van der Waals surface area contributed by atoms with E-state index in [0.29, 0.717) is 28.1 Å². The minimum atomic E-state index is -2.53. The zero-order valence-electron chi connectivity index (χ0n) is 45.4. The Morgan fingerprint density at radius 3 is 1.62 bits per heavy atom. The van der Waals surface area contributed by atoms with Gasteiger partial charge in [0, 0.05) is 27.0 Å². The first kappa shape index (κ1) is 43.3. The van der Waals surface area contributed by atoms with Crippen LogP contribution in [0.1, 0.15) is 115 Å². The fourth-order valence-corrected chi connectivity index (χ4v) is 9.26. The van der Waals surface area contributed by atoms with Crippen LogP contribution in [0.15, 0.2) is 164 Å². The van der Waals surface area contributed by atoms with Gasteiger partial charge in [-0.05, 0) is 144 Å². The summed E-state index contributed by atoms with van der Waals surface area (Å²) in [5.41, 5.74) is 15.3. The van der Waals surface area contributed by atoms with Crippen LogP contribution in [0.3, 0.4) is 0 Å². The van der Waals surface area contributed by atoms with E-state index < -0.39 is 12.3 Å². The third-order valence-corrected chi connectivity index (χ3v) is 13.5. The van der Waals surface area contributed by atoms with Crippen molar-refractivity contribution in [3.05, 3.63) is 192 Å². The molecule has 0 radical (unpaired) electrons. The lowest BCUT2D eigenvalue weighted by molar-refractivity contribution is 0.446. The van der Waals surface area contributed by atoms with Crippen molar-refractivity contribution in [1.82, 2.24) is 14.5 Å². The Morgan fingerprint density at radius 1 is 0.449 bits per heavy atom. The van der Waals surface area contributed by atoms with Crippen LogP contribution >= 0.6 is 0 Å². The van der Waals surface area contributed by atoms with Crippen molar-refractivity contribution in [1.29, 1.82) is 0 Å². The summed E-state index contributed by atoms with van der Waals surface area (Å²) in [6.45, 7) is 23.6. The Labute approximate surface area is 415 Å². The van der Waals surface area contributed by atoms with E-state index in [1.807, 2.05) is 89.6 Å². The van der Waals surface area contributed by atoms with Crippen LogP contribution in [0.25, 0.3) is 83.9 Å². The molecule has 4 nitrogen and oxygen atoms in total. The van der Waals surface area contributed by atoms with E-state index in [-0.39, 0.29) is 27.6 Å². The molecule has 348 valence electrons. The molecule has 0 fully saturated rings. The second kappa shape index (κ2) is 17.5. The molecule has 1 N–H and O–H groups in total. The minimum absolute atomic E-state index is 0.118. The van der Waals surface area contributed by atoms with Crippen LogP contribution in [-0.2, 0) is 21.7 Å². The molecule has 9 rings (SSSR count). The summed E-state index contributed by atoms with van der Waals surface area (Å²) >= 11 is 0. The molecule has 0 amide bonds. The zero-order chi connectivity index (χ0) is 51.7. The molecule has 69 heavy (non-hydrogen) atoms. The number of fused-ring (bicyclic) bond motifs is 1. The average molecular weight is 909 g/mol. The number of phenolic OH excluding ortho intramolecular Hbond substituents is 1. The maximum atomic E-state index is 12.6. The summed E-state index contributed by atoms with van der Waals surface area (Å²) in [6.07, 6.45) is 1.86. The predicted octanol–water partition coefficient (Wildman–Crippen LogP) is 17.6. The van der Waals surface area contributed by atoms with Gasteiger partial charge in [0.15, 0.2) is 0 Å². The highest BCUT2D eigenvalue weighted by Crippen LogP contribution is 2.46. The van der Waals surface area contributed by atoms with Gasteiger partial charge >= 0.3 is 0 Å². The molecule has 2 heterocycles. The second-order valence-electron chi connectivity index (χ2n) is 22.9. The molecule has 0 bridgehead atoms. The highest BCUT2D eigenvalue weighted by Gasteiger charge is 2.29. The fraction of sp³-hybridized carbons (Fsp3) is 0.262. The quantitative estimate of drug-likeness (QED) is 0.173. The number of hydrogen-bond donors (Lipinski definition) is 1. The monoisotopic (exact) mass is 909 g/mol. The summed E-state index contributed by atoms with van der Waals surface area (Å²) in [5.74, 6) is 0.568. The van der Waals surface area contributed by atoms with Gasteiger partial charge in [0.05, 0.1) is 28.0 Å². The molecule has 0 saturated heterocycles. The Bertz CT molecular complexity index is 3450. The number of benzene rings is 7. The van der Waals surface area contributed by atoms with Gasteiger partial charge < -0.3 is 5.11 Å². The Kier molecular flexibility index (Phi) is 11.0. The normalized spacial score (nSPS) is 13.3. The summed E-state index contributed by atoms with van der Waals surface area (Å²) in [5, 5.41) is 12.6. The molecule has 0 saturated carbocycles. The molecule has 4 heteroatoms. The van der Waals surface area contributed by atoms with Crippen molar-refractivity contribution in [2.75, 3.05) is 0 Å². The first-order valence-corrected chi connectivity index (χ1v) is 24.2. The lowest BCUT2D eigenvalue weighted by Gasteiger charge is -2.27. The van der Waals surface area contributed by atoms with Crippen molar-refractivity contribution in [2.45, 2.75) is 112 Å². The molecular formula is C65H67N3O. The number of para-hydroxylation sites is 1. The lowest BCUT2D eigenvalue weighted by atomic mass is 9.78. The number of imidazole rings is 1. The molecule has 2 aromatic heterocycles. The first-order chi connectivity index (χ1) is 33.8. The highest BCUT2D eigenvalue weighted by molar-refractivity contribution is 5.98. The standard InChI is InChI=1S/C65H67N3O/c1-41-31-44(47-35-50(62(2,3)4)38-51(36-47)63(5,6)7)27-28-57(41)68-58-26-20-25-53(59(58)67-61(68)54-39-52(64(8,9)10)40-55(60(54)69)65(11,12)13)48-32-46(43-23-18-15-19-24-43)33-49(34-48)56-37-45(29-30-66-56)42-21-16-14-17-22-42/h14-40,69H,1-13H3/i1D3. The van der Waals surface area contributed by atoms with Crippen LogP contribution in [0.4, 0.5) is 0 Å². The van der Waals surface area contributed by atoms with Crippen LogP contribution in [-0.4, -0.2) is 19.6 Å². The number of hydrogen-bond acceptors (Lipinski definition) is 3. The van der Waals surface area contributed by atoms with E-state index in [1.165, 1.54) is 11.1 Å². The number of aryl methyl sites for hydroxylation is 1. The topological polar surface area (TPSA) is 50.9 Å². The van der Waals surface area contributed by atoms with E-state index in [0.717, 1.165) is 66.9 Å². The van der Waals surface area contributed by atoms with Crippen molar-refractivity contribution >= 4 is 11.0 Å². The molecule has 7 aromatic carbocycles. The fourth-order valence-electron chi connectivity index (χ4n) is 9.26. The van der Waals surface area contributed by atoms with E-state index in [9.17, 15) is 9.22 Å². The lowest BCUT2D eigenvalue weighted by Crippen LogP contribution is -2.17. The van der Waals surface area contributed by atoms with E-state index in [1.54, 1.807) is 0 Å². The summed E-state index contributed by atoms with van der Waals surface area (Å²) in [6, 6.07) is 54.2. The van der Waals surface area contributed by atoms with Crippen LogP contribution in [0.5, 0.6) is 5.75 Å². The Hall–Kier alpha value is -7.04. The van der Waals surface area contributed by atoms with Gasteiger partial charge in [-0.25, -0.2) is 4.98 Å². The van der Waals surface area contributed by atoms with Gasteiger partial charge in [0.25, 0.3) is 0 Å². The minimum Gasteiger partial charge on any atom is -0.507 e. The zero-order valence-corrected chi connectivity index (χ0v) is 42.4. The van der Waals surface area contributed by atoms with Gasteiger partial charge in [0.1, 0.15) is 11.6 Å². The maximum absolute atomic E-state index is 12.6. The molecule has 9 aromatic rings. The number of aromatic nitrogens is 3. The summed E-state index contributed by atoms with van der Waals surface area (Å²) in [7, 11) is 0. The van der Waals surface area contributed by atoms with Gasteiger partial charge in [0.2, 0.25) is 0 Å². The van der Waals surface area contributed by atoms with Gasteiger partial charge in [-0.3, -0.25) is 9.55 Å². The van der Waals surface area contributed by atoms with Crippen molar-refractivity contribution in [2.24, 2.45) is 0 Å². The second-order valence-corrected chi connectivity index (χ2v) is 22.9. The van der Waals surface area contributed by atoms with Gasteiger partial charge in [-0.1, -0.05) is 186 Å². The Morgan fingerprint density at radius 2 is 1.01 bits per heavy atom. The molecule has 0 aliphatic rings. The number of rotatable bonds is 7. The third-order valence-electron chi connectivity index (χ3n) is 13.5. The number of pyridine rings is 1. The van der Waals surface area contributed by atoms with Crippen LogP contribution < -0.4 is 0 Å². The van der Waals surface area contributed by atoms with Crippen LogP contribution in [0.2, 0.25) is 0 Å². The smallest absolute Gasteiger partial charge is 0.149 e. The third kappa shape index (κ3) is 9.42. The molecule has 0 aliphatic heterocycles. The van der Waals surface area contributed by atoms with E-state index in [4.69, 9.17) is 9.97 Å². The van der Waals surface area contributed by atoms with Crippen molar-refractivity contribution < 1.29 is 9.22 Å². The van der Waals surface area contributed by atoms with E-state index in [2.05, 4.69) is 162 Å². The SMILES string of the molecule is [2H]C([2H])([2H])c1cc(-c2cc(C(C)(C)C)cc(C(C)(C)C)c2)ccc1-n1c(-c2cc(C(C)(C)C)cc(C(C)(C)C)c2O)nc2c(-c3cc(-c4ccccc4)cc(-c4cc(-c5ccccc5)ccn4)c3)cccc21. The molecule has 0 aliphatic carbocycles. The Balaban J connectivity index is 1.36. The average Bonchev–Trinajstić information content (AvgIpc) is 3.72. The predicted molar refractivity (Wildman–Crippen MR) is 293 cm³/mol. The largest absolute Gasteiger partial charge is 0.507 e. The number of phenols is 1. The number of aromatic hydroxyl groups is 1. The molecule has 0 atom stereocenters. The summed E-state index contributed by atoms with van der Waals surface area (Å²) in [4.78, 5) is 10.5. The summed E-state index contributed by atoms with van der Waals surface area (Å²) < 4.78 is 29.6. The molecule has 0 unspecified atom stereocenters. The first-order valence-electron chi connectivity index (χ1n) is 25.7. The molecular weight excluding hydrogens is 839 g/mol. The van der Waals surface area contributed by atoms with Gasteiger partial charge in [-0.15, -0.1) is 0 Å². The highest BCUT2D eigenvalue weighted by atomic mass is 16.3. The van der Waals surface area contributed by atoms with Crippen LogP contribution in [0, 0.1) is 6.85 Å². The van der Waals surface area contributed by atoms with Gasteiger partial charge in [-0.2, -0.15) is 0 Å². The maximum Gasteiger partial charge on any atom is 0.149 e.